The van der Waals surface area contributed by atoms with Crippen molar-refractivity contribution in [2.24, 2.45) is 0 Å². The Hall–Kier alpha value is -3.58. The molecular weight excluding hydrogens is 522 g/mol. The summed E-state index contributed by atoms with van der Waals surface area (Å²) in [5, 5.41) is 0.425. The van der Waals surface area contributed by atoms with Crippen LogP contribution in [0.25, 0.3) is 11.0 Å². The first-order valence-corrected chi connectivity index (χ1v) is 12.9. The van der Waals surface area contributed by atoms with Crippen molar-refractivity contribution < 1.29 is 18.7 Å². The molecule has 3 aromatic carbocycles. The molecule has 1 aliphatic heterocycles. The first-order chi connectivity index (χ1) is 17.5. The molecule has 1 atom stereocenters. The number of halogens is 1. The first-order valence-electron chi connectivity index (χ1n) is 12.1. The van der Waals surface area contributed by atoms with Gasteiger partial charge in [-0.05, 0) is 73.5 Å². The third-order valence-electron chi connectivity index (χ3n) is 6.22. The van der Waals surface area contributed by atoms with Crippen LogP contribution in [0.1, 0.15) is 54.4 Å². The Morgan fingerprint density at radius 1 is 0.917 bits per heavy atom. The van der Waals surface area contributed by atoms with Crippen LogP contribution in [0.15, 0.2) is 80.4 Å². The maximum absolute atomic E-state index is 13.8. The average Bonchev–Trinajstić information content (AvgIpc) is 3.18. The van der Waals surface area contributed by atoms with Gasteiger partial charge in [0.2, 0.25) is 5.76 Å². The number of anilines is 1. The van der Waals surface area contributed by atoms with Crippen LogP contribution in [-0.2, 0) is 0 Å². The van der Waals surface area contributed by atoms with Crippen molar-refractivity contribution in [2.45, 2.75) is 32.7 Å². The van der Waals surface area contributed by atoms with Crippen molar-refractivity contribution in [3.63, 3.8) is 0 Å². The van der Waals surface area contributed by atoms with Crippen molar-refractivity contribution in [1.82, 2.24) is 0 Å². The zero-order valence-corrected chi connectivity index (χ0v) is 21.7. The number of carbonyl (C=O) groups is 1. The van der Waals surface area contributed by atoms with Gasteiger partial charge in [-0.2, -0.15) is 0 Å². The van der Waals surface area contributed by atoms with Gasteiger partial charge in [0, 0.05) is 10.2 Å². The van der Waals surface area contributed by atoms with Crippen molar-refractivity contribution >= 4 is 38.5 Å². The number of benzene rings is 3. The summed E-state index contributed by atoms with van der Waals surface area (Å²) in [6, 6.07) is 19.4. The number of nitrogens with zero attached hydrogens (tertiary/aromatic N) is 1. The maximum atomic E-state index is 13.8. The van der Waals surface area contributed by atoms with E-state index in [1.54, 1.807) is 23.1 Å². The molecule has 0 radical (unpaired) electrons. The highest BCUT2D eigenvalue weighted by Crippen LogP contribution is 2.42. The molecule has 0 saturated heterocycles. The van der Waals surface area contributed by atoms with Gasteiger partial charge in [-0.3, -0.25) is 14.5 Å². The summed E-state index contributed by atoms with van der Waals surface area (Å²) in [6.07, 6.45) is 2.03. The van der Waals surface area contributed by atoms with Gasteiger partial charge in [-0.25, -0.2) is 0 Å². The van der Waals surface area contributed by atoms with E-state index >= 15 is 0 Å². The molecule has 4 aromatic rings. The molecule has 1 unspecified atom stereocenters. The predicted octanol–water partition coefficient (Wildman–Crippen LogP) is 6.88. The average molecular weight is 548 g/mol. The molecule has 0 fully saturated rings. The number of amides is 1. The Kier molecular flexibility index (Phi) is 6.83. The fourth-order valence-electron chi connectivity index (χ4n) is 4.48. The number of carbonyl (C=O) groups excluding carboxylic acids is 1. The molecule has 0 spiro atoms. The Balaban J connectivity index is 1.64. The number of hydrogen-bond acceptors (Lipinski definition) is 5. The zero-order valence-electron chi connectivity index (χ0n) is 20.1. The highest BCUT2D eigenvalue weighted by Gasteiger charge is 2.43. The summed E-state index contributed by atoms with van der Waals surface area (Å²) in [5.74, 6) is 1.17. The lowest BCUT2D eigenvalue weighted by Crippen LogP contribution is -2.29. The Morgan fingerprint density at radius 2 is 1.61 bits per heavy atom. The molecule has 0 N–H and O–H groups in total. The quantitative estimate of drug-likeness (QED) is 0.225. The molecule has 184 valence electrons. The van der Waals surface area contributed by atoms with Crippen molar-refractivity contribution in [2.75, 3.05) is 18.1 Å². The van der Waals surface area contributed by atoms with Crippen molar-refractivity contribution in [3.8, 4) is 11.5 Å². The fraction of sp³-hybridized carbons (Fsp3) is 0.241. The van der Waals surface area contributed by atoms with E-state index in [0.717, 1.165) is 28.6 Å². The molecule has 0 aliphatic carbocycles. The van der Waals surface area contributed by atoms with Gasteiger partial charge in [-0.1, -0.05) is 41.4 Å². The van der Waals surface area contributed by atoms with Crippen LogP contribution in [0.2, 0.25) is 0 Å². The highest BCUT2D eigenvalue weighted by molar-refractivity contribution is 9.10. The topological polar surface area (TPSA) is 69.0 Å². The van der Waals surface area contributed by atoms with Gasteiger partial charge in [0.1, 0.15) is 17.1 Å². The molecule has 6 nitrogen and oxygen atoms in total. The second-order valence-electron chi connectivity index (χ2n) is 8.59. The molecule has 0 saturated carbocycles. The van der Waals surface area contributed by atoms with E-state index < -0.39 is 6.04 Å². The molecule has 5 rings (SSSR count). The SMILES string of the molecule is CCCCOc1ccc(C2c3c(oc4ccc(Br)cc4c3=O)C(=O)N2c2ccc(OCC)cc2)cc1. The molecular formula is C29H26BrNO5. The lowest BCUT2D eigenvalue weighted by Gasteiger charge is -2.25. The van der Waals surface area contributed by atoms with E-state index in [1.165, 1.54) is 0 Å². The summed E-state index contributed by atoms with van der Waals surface area (Å²) in [4.78, 5) is 29.1. The highest BCUT2D eigenvalue weighted by atomic mass is 79.9. The summed E-state index contributed by atoms with van der Waals surface area (Å²) < 4.78 is 18.2. The van der Waals surface area contributed by atoms with Gasteiger partial charge < -0.3 is 13.9 Å². The van der Waals surface area contributed by atoms with E-state index in [1.807, 2.05) is 55.5 Å². The maximum Gasteiger partial charge on any atom is 0.295 e. The molecule has 2 heterocycles. The standard InChI is InChI=1S/C29H26BrNO5/c1-3-5-16-35-22-11-6-18(7-12-22)26-25-27(32)23-17-19(30)8-15-24(23)36-28(25)29(33)31(26)20-9-13-21(14-10-20)34-4-2/h6-15,17,26H,3-5,16H2,1-2H3. The van der Waals surface area contributed by atoms with E-state index in [9.17, 15) is 9.59 Å². The predicted molar refractivity (Wildman–Crippen MR) is 143 cm³/mol. The second kappa shape index (κ2) is 10.2. The minimum absolute atomic E-state index is 0.0666. The Bertz CT molecular complexity index is 1460. The van der Waals surface area contributed by atoms with E-state index in [2.05, 4.69) is 22.9 Å². The second-order valence-corrected chi connectivity index (χ2v) is 9.51. The van der Waals surface area contributed by atoms with Gasteiger partial charge in [0.05, 0.1) is 30.2 Å². The number of rotatable bonds is 8. The number of fused-ring (bicyclic) bond motifs is 2. The molecule has 36 heavy (non-hydrogen) atoms. The number of ether oxygens (including phenoxy) is 2. The van der Waals surface area contributed by atoms with Gasteiger partial charge in [0.15, 0.2) is 5.43 Å². The largest absolute Gasteiger partial charge is 0.494 e. The van der Waals surface area contributed by atoms with Crippen LogP contribution in [-0.4, -0.2) is 19.1 Å². The summed E-state index contributed by atoms with van der Waals surface area (Å²) in [7, 11) is 0. The van der Waals surface area contributed by atoms with Crippen LogP contribution < -0.4 is 19.8 Å². The summed E-state index contributed by atoms with van der Waals surface area (Å²) in [5.41, 5.74) is 1.93. The van der Waals surface area contributed by atoms with Crippen LogP contribution in [0.4, 0.5) is 5.69 Å². The third-order valence-corrected chi connectivity index (χ3v) is 6.71. The van der Waals surface area contributed by atoms with E-state index in [-0.39, 0.29) is 17.1 Å². The third kappa shape index (κ3) is 4.39. The number of unbranched alkanes of at least 4 members (excludes halogenated alkanes) is 1. The zero-order chi connectivity index (χ0) is 25.2. The molecule has 1 aromatic heterocycles. The van der Waals surface area contributed by atoms with Gasteiger partial charge in [0.25, 0.3) is 5.91 Å². The van der Waals surface area contributed by atoms with Crippen LogP contribution in [0.3, 0.4) is 0 Å². The van der Waals surface area contributed by atoms with E-state index in [4.69, 9.17) is 13.9 Å². The minimum atomic E-state index is -0.644. The Morgan fingerprint density at radius 3 is 2.31 bits per heavy atom. The molecule has 0 bridgehead atoms. The lowest BCUT2D eigenvalue weighted by molar-refractivity contribution is 0.0971. The van der Waals surface area contributed by atoms with E-state index in [0.29, 0.717) is 41.2 Å². The normalized spacial score (nSPS) is 14.8. The van der Waals surface area contributed by atoms with Crippen LogP contribution >= 0.6 is 15.9 Å². The van der Waals surface area contributed by atoms with Crippen molar-refractivity contribution in [3.05, 3.63) is 98.3 Å². The Labute approximate surface area is 217 Å². The molecule has 1 amide bonds. The first kappa shape index (κ1) is 24.1. The summed E-state index contributed by atoms with van der Waals surface area (Å²) >= 11 is 3.44. The molecule has 7 heteroatoms. The van der Waals surface area contributed by atoms with Crippen LogP contribution in [0.5, 0.6) is 11.5 Å². The lowest BCUT2D eigenvalue weighted by atomic mass is 9.98. The van der Waals surface area contributed by atoms with Gasteiger partial charge in [-0.15, -0.1) is 0 Å². The molecule has 1 aliphatic rings. The van der Waals surface area contributed by atoms with Crippen molar-refractivity contribution in [1.29, 1.82) is 0 Å². The fourth-order valence-corrected chi connectivity index (χ4v) is 4.84. The summed E-state index contributed by atoms with van der Waals surface area (Å²) in [6.45, 7) is 5.22. The number of hydrogen-bond donors (Lipinski definition) is 0. The van der Waals surface area contributed by atoms with Crippen LogP contribution in [0, 0.1) is 0 Å². The minimum Gasteiger partial charge on any atom is -0.494 e. The monoisotopic (exact) mass is 547 g/mol. The smallest absolute Gasteiger partial charge is 0.295 e. The van der Waals surface area contributed by atoms with Gasteiger partial charge >= 0.3 is 0 Å².